The van der Waals surface area contributed by atoms with Gasteiger partial charge in [-0.05, 0) is 29.8 Å². The summed E-state index contributed by atoms with van der Waals surface area (Å²) in [6.45, 7) is 0. The number of amides is 2. The number of fused-ring (bicyclic) bond motifs is 1. The van der Waals surface area contributed by atoms with Gasteiger partial charge in [0.15, 0.2) is 0 Å². The number of benzene rings is 2. The number of carbonyl (C=O) groups is 2. The average molecular weight is 335 g/mol. The van der Waals surface area contributed by atoms with Crippen LogP contribution in [0.1, 0.15) is 15.9 Å². The molecule has 1 aliphatic rings. The second-order valence-corrected chi connectivity index (χ2v) is 5.91. The molecule has 0 aliphatic carbocycles. The van der Waals surface area contributed by atoms with Crippen LogP contribution < -0.4 is 10.6 Å². The van der Waals surface area contributed by atoms with E-state index in [9.17, 15) is 9.59 Å². The number of halogens is 2. The lowest BCUT2D eigenvalue weighted by molar-refractivity contribution is -0.118. The Labute approximate surface area is 137 Å². The van der Waals surface area contributed by atoms with E-state index in [1.54, 1.807) is 30.3 Å². The Morgan fingerprint density at radius 1 is 1.14 bits per heavy atom. The van der Waals surface area contributed by atoms with E-state index >= 15 is 0 Å². The molecule has 2 amide bonds. The lowest BCUT2D eigenvalue weighted by Gasteiger charge is -2.24. The molecule has 112 valence electrons. The molecule has 0 saturated carbocycles. The summed E-state index contributed by atoms with van der Waals surface area (Å²) in [5, 5.41) is 6.29. The van der Waals surface area contributed by atoms with Gasteiger partial charge in [-0.1, -0.05) is 41.4 Å². The van der Waals surface area contributed by atoms with Crippen molar-refractivity contribution < 1.29 is 9.59 Å². The third-order valence-corrected chi connectivity index (χ3v) is 3.87. The summed E-state index contributed by atoms with van der Waals surface area (Å²) < 4.78 is 0. The highest BCUT2D eigenvalue weighted by Crippen LogP contribution is 2.23. The highest BCUT2D eigenvalue weighted by molar-refractivity contribution is 6.35. The van der Waals surface area contributed by atoms with E-state index in [-0.39, 0.29) is 11.8 Å². The predicted molar refractivity (Wildman–Crippen MR) is 86.5 cm³/mol. The number of rotatable bonds is 2. The monoisotopic (exact) mass is 334 g/mol. The molecule has 3 rings (SSSR count). The standard InChI is InChI=1S/C16H12Cl2N2O2/c17-10-6-11(18)8-12(7-10)19-16(22)14-5-9-3-1-2-4-13(9)15(21)20-14/h1-4,6-8,14H,5H2,(H,19,22)(H,20,21). The number of carbonyl (C=O) groups excluding carboxylic acids is 2. The van der Waals surface area contributed by atoms with Crippen molar-refractivity contribution >= 4 is 40.7 Å². The van der Waals surface area contributed by atoms with Crippen LogP contribution in [0.15, 0.2) is 42.5 Å². The summed E-state index contributed by atoms with van der Waals surface area (Å²) in [6.07, 6.45) is 0.446. The summed E-state index contributed by atoms with van der Waals surface area (Å²) in [5.41, 5.74) is 1.96. The second-order valence-electron chi connectivity index (χ2n) is 5.03. The smallest absolute Gasteiger partial charge is 0.252 e. The number of hydrogen-bond donors (Lipinski definition) is 2. The maximum atomic E-state index is 12.3. The first kappa shape index (κ1) is 14.9. The van der Waals surface area contributed by atoms with Crippen molar-refractivity contribution in [3.8, 4) is 0 Å². The van der Waals surface area contributed by atoms with Gasteiger partial charge in [-0.15, -0.1) is 0 Å². The molecule has 0 aromatic heterocycles. The summed E-state index contributed by atoms with van der Waals surface area (Å²) in [6, 6.07) is 11.4. The molecule has 6 heteroatoms. The Morgan fingerprint density at radius 3 is 2.55 bits per heavy atom. The molecule has 1 aliphatic heterocycles. The molecular weight excluding hydrogens is 323 g/mol. The van der Waals surface area contributed by atoms with E-state index in [4.69, 9.17) is 23.2 Å². The Kier molecular flexibility index (Phi) is 4.05. The molecule has 4 nitrogen and oxygen atoms in total. The van der Waals surface area contributed by atoms with E-state index in [0.29, 0.717) is 27.7 Å². The van der Waals surface area contributed by atoms with E-state index < -0.39 is 6.04 Å². The zero-order chi connectivity index (χ0) is 15.7. The van der Waals surface area contributed by atoms with E-state index in [0.717, 1.165) is 5.56 Å². The minimum atomic E-state index is -0.625. The lowest BCUT2D eigenvalue weighted by atomic mass is 9.95. The zero-order valence-electron chi connectivity index (χ0n) is 11.4. The Hall–Kier alpha value is -2.04. The lowest BCUT2D eigenvalue weighted by Crippen LogP contribution is -2.48. The highest BCUT2D eigenvalue weighted by Gasteiger charge is 2.28. The topological polar surface area (TPSA) is 58.2 Å². The van der Waals surface area contributed by atoms with E-state index in [1.165, 1.54) is 0 Å². The van der Waals surface area contributed by atoms with Gasteiger partial charge in [0.2, 0.25) is 5.91 Å². The third-order valence-electron chi connectivity index (χ3n) is 3.44. The zero-order valence-corrected chi connectivity index (χ0v) is 12.9. The molecule has 1 unspecified atom stereocenters. The number of nitrogens with one attached hydrogen (secondary N) is 2. The summed E-state index contributed by atoms with van der Waals surface area (Å²) >= 11 is 11.8. The van der Waals surface area contributed by atoms with E-state index in [2.05, 4.69) is 10.6 Å². The van der Waals surface area contributed by atoms with Crippen LogP contribution in [-0.4, -0.2) is 17.9 Å². The first-order valence-electron chi connectivity index (χ1n) is 6.68. The third kappa shape index (κ3) is 3.08. The molecule has 2 aromatic carbocycles. The van der Waals surface area contributed by atoms with Crippen LogP contribution in [0.5, 0.6) is 0 Å². The molecule has 0 bridgehead atoms. The first-order chi connectivity index (χ1) is 10.5. The van der Waals surface area contributed by atoms with Crippen LogP contribution in [0, 0.1) is 0 Å². The van der Waals surface area contributed by atoms with Gasteiger partial charge in [0, 0.05) is 27.7 Å². The maximum Gasteiger partial charge on any atom is 0.252 e. The molecule has 22 heavy (non-hydrogen) atoms. The molecule has 0 saturated heterocycles. The second kappa shape index (κ2) is 5.99. The van der Waals surface area contributed by atoms with Crippen molar-refractivity contribution in [2.24, 2.45) is 0 Å². The van der Waals surface area contributed by atoms with Crippen molar-refractivity contribution in [2.45, 2.75) is 12.5 Å². The van der Waals surface area contributed by atoms with Crippen LogP contribution >= 0.6 is 23.2 Å². The summed E-state index contributed by atoms with van der Waals surface area (Å²) in [5.74, 6) is -0.549. The van der Waals surface area contributed by atoms with Gasteiger partial charge >= 0.3 is 0 Å². The fourth-order valence-electron chi connectivity index (χ4n) is 2.44. The minimum Gasteiger partial charge on any atom is -0.340 e. The number of anilines is 1. The number of hydrogen-bond acceptors (Lipinski definition) is 2. The van der Waals surface area contributed by atoms with Crippen molar-refractivity contribution in [1.29, 1.82) is 0 Å². The van der Waals surface area contributed by atoms with Gasteiger partial charge in [0.25, 0.3) is 5.91 Å². The molecule has 1 atom stereocenters. The quantitative estimate of drug-likeness (QED) is 0.885. The molecule has 2 aromatic rings. The van der Waals surface area contributed by atoms with Crippen molar-refractivity contribution in [1.82, 2.24) is 5.32 Å². The van der Waals surface area contributed by atoms with Crippen molar-refractivity contribution in [3.05, 3.63) is 63.6 Å². The minimum absolute atomic E-state index is 0.244. The van der Waals surface area contributed by atoms with Crippen LogP contribution in [0.2, 0.25) is 10.0 Å². The first-order valence-corrected chi connectivity index (χ1v) is 7.44. The average Bonchev–Trinajstić information content (AvgIpc) is 2.46. The molecule has 0 fully saturated rings. The molecule has 2 N–H and O–H groups in total. The fourth-order valence-corrected chi connectivity index (χ4v) is 2.97. The highest BCUT2D eigenvalue weighted by atomic mass is 35.5. The normalized spacial score (nSPS) is 16.6. The SMILES string of the molecule is O=C1NC(C(=O)Nc2cc(Cl)cc(Cl)c2)Cc2ccccc21. The van der Waals surface area contributed by atoms with Gasteiger partial charge in [0.05, 0.1) is 0 Å². The van der Waals surface area contributed by atoms with Gasteiger partial charge in [-0.2, -0.15) is 0 Å². The molecule has 0 radical (unpaired) electrons. The molecule has 0 spiro atoms. The Bertz CT molecular complexity index is 741. The van der Waals surface area contributed by atoms with E-state index in [1.807, 2.05) is 12.1 Å². The van der Waals surface area contributed by atoms with Gasteiger partial charge < -0.3 is 10.6 Å². The predicted octanol–water partition coefficient (Wildman–Crippen LogP) is 3.29. The van der Waals surface area contributed by atoms with Crippen LogP contribution in [0.4, 0.5) is 5.69 Å². The fraction of sp³-hybridized carbons (Fsp3) is 0.125. The maximum absolute atomic E-state index is 12.3. The van der Waals surface area contributed by atoms with Crippen LogP contribution in [-0.2, 0) is 11.2 Å². The molecular formula is C16H12Cl2N2O2. The van der Waals surface area contributed by atoms with Crippen molar-refractivity contribution in [3.63, 3.8) is 0 Å². The van der Waals surface area contributed by atoms with Crippen LogP contribution in [0.25, 0.3) is 0 Å². The summed E-state index contributed by atoms with van der Waals surface area (Å²) in [4.78, 5) is 24.4. The van der Waals surface area contributed by atoms with Gasteiger partial charge in [0.1, 0.15) is 6.04 Å². The van der Waals surface area contributed by atoms with Crippen LogP contribution in [0.3, 0.4) is 0 Å². The summed E-state index contributed by atoms with van der Waals surface area (Å²) in [7, 11) is 0. The Morgan fingerprint density at radius 2 is 1.82 bits per heavy atom. The van der Waals surface area contributed by atoms with Gasteiger partial charge in [-0.25, -0.2) is 0 Å². The van der Waals surface area contributed by atoms with Crippen molar-refractivity contribution in [2.75, 3.05) is 5.32 Å². The molecule has 1 heterocycles. The van der Waals surface area contributed by atoms with Gasteiger partial charge in [-0.3, -0.25) is 9.59 Å². The Balaban J connectivity index is 1.78. The largest absolute Gasteiger partial charge is 0.340 e.